The molecule has 2 rings (SSSR count). The van der Waals surface area contributed by atoms with Crippen LogP contribution in [0.3, 0.4) is 0 Å². The Morgan fingerprint density at radius 2 is 2.06 bits per heavy atom. The van der Waals surface area contributed by atoms with Gasteiger partial charge in [-0.25, -0.2) is 4.79 Å². The molecule has 1 aromatic carbocycles. The van der Waals surface area contributed by atoms with Crippen LogP contribution in [0, 0.1) is 0 Å². The summed E-state index contributed by atoms with van der Waals surface area (Å²) in [5, 5.41) is 3.21. The van der Waals surface area contributed by atoms with Crippen molar-refractivity contribution in [1.82, 2.24) is 9.97 Å². The first kappa shape index (κ1) is 11.4. The zero-order valence-corrected chi connectivity index (χ0v) is 9.67. The molecule has 0 radical (unpaired) electrons. The fourth-order valence-electron chi connectivity index (χ4n) is 1.71. The molecule has 0 fully saturated rings. The minimum atomic E-state index is -0.200. The van der Waals surface area contributed by atoms with E-state index in [1.807, 2.05) is 18.2 Å². The molecule has 0 aliphatic carbocycles. The van der Waals surface area contributed by atoms with Crippen LogP contribution in [0.1, 0.15) is 19.8 Å². The Kier molecular flexibility index (Phi) is 3.27. The van der Waals surface area contributed by atoms with Gasteiger partial charge in [0.05, 0.1) is 11.0 Å². The van der Waals surface area contributed by atoms with E-state index < -0.39 is 0 Å². The first-order chi connectivity index (χ1) is 8.15. The van der Waals surface area contributed by atoms with Gasteiger partial charge in [-0.15, -0.1) is 0 Å². The number of carbonyl (C=O) groups is 1. The average Bonchev–Trinajstić information content (AvgIpc) is 2.63. The lowest BCUT2D eigenvalue weighted by molar-refractivity contribution is -0.117. The Bertz CT molecular complexity index is 583. The van der Waals surface area contributed by atoms with Crippen molar-refractivity contribution < 1.29 is 4.79 Å². The summed E-state index contributed by atoms with van der Waals surface area (Å²) in [6.45, 7) is 2.34. The topological polar surface area (TPSA) is 77.8 Å². The summed E-state index contributed by atoms with van der Waals surface area (Å²) in [4.78, 5) is 27.2. The molecule has 0 spiro atoms. The number of carbonyl (C=O) groups excluding carboxylic acids is 1. The standard InChI is InChI=1S/C12H15N3O2/c1-8(16)3-2-6-13-9-4-5-10-11(7-9)15-12(17)14-10/h4-5,7,13H,2-3,6H2,1H3,(H2,14,15,17). The monoisotopic (exact) mass is 233 g/mol. The molecule has 0 aliphatic rings. The summed E-state index contributed by atoms with van der Waals surface area (Å²) in [5.74, 6) is 0.206. The second-order valence-electron chi connectivity index (χ2n) is 4.07. The highest BCUT2D eigenvalue weighted by Crippen LogP contribution is 2.14. The van der Waals surface area contributed by atoms with Gasteiger partial charge in [0, 0.05) is 18.7 Å². The maximum absolute atomic E-state index is 11.1. The third-order valence-electron chi connectivity index (χ3n) is 2.55. The van der Waals surface area contributed by atoms with Crippen molar-refractivity contribution in [2.75, 3.05) is 11.9 Å². The van der Waals surface area contributed by atoms with E-state index in [4.69, 9.17) is 0 Å². The minimum Gasteiger partial charge on any atom is -0.385 e. The van der Waals surface area contributed by atoms with Crippen LogP contribution in [0.2, 0.25) is 0 Å². The van der Waals surface area contributed by atoms with Gasteiger partial charge in [0.1, 0.15) is 5.78 Å². The lowest BCUT2D eigenvalue weighted by Gasteiger charge is -2.05. The van der Waals surface area contributed by atoms with Gasteiger partial charge in [-0.3, -0.25) is 0 Å². The number of ketones is 1. The van der Waals surface area contributed by atoms with Gasteiger partial charge in [-0.05, 0) is 31.5 Å². The Balaban J connectivity index is 1.99. The van der Waals surface area contributed by atoms with E-state index in [9.17, 15) is 9.59 Å². The van der Waals surface area contributed by atoms with Crippen molar-refractivity contribution in [2.24, 2.45) is 0 Å². The fourth-order valence-corrected chi connectivity index (χ4v) is 1.71. The van der Waals surface area contributed by atoms with E-state index in [0.29, 0.717) is 6.42 Å². The number of hydrogen-bond acceptors (Lipinski definition) is 3. The average molecular weight is 233 g/mol. The number of nitrogens with one attached hydrogen (secondary N) is 3. The van der Waals surface area contributed by atoms with E-state index in [0.717, 1.165) is 29.7 Å². The maximum atomic E-state index is 11.1. The van der Waals surface area contributed by atoms with Gasteiger partial charge >= 0.3 is 5.69 Å². The van der Waals surface area contributed by atoms with Gasteiger partial charge in [0.25, 0.3) is 0 Å². The quantitative estimate of drug-likeness (QED) is 0.687. The number of imidazole rings is 1. The van der Waals surface area contributed by atoms with Crippen molar-refractivity contribution in [3.8, 4) is 0 Å². The van der Waals surface area contributed by atoms with Crippen molar-refractivity contribution in [3.63, 3.8) is 0 Å². The number of anilines is 1. The number of benzene rings is 1. The number of hydrogen-bond donors (Lipinski definition) is 3. The molecule has 0 aliphatic heterocycles. The van der Waals surface area contributed by atoms with Gasteiger partial charge in [0.2, 0.25) is 0 Å². The number of fused-ring (bicyclic) bond motifs is 1. The molecule has 0 atom stereocenters. The smallest absolute Gasteiger partial charge is 0.323 e. The van der Waals surface area contributed by atoms with Crippen molar-refractivity contribution in [1.29, 1.82) is 0 Å². The number of aromatic nitrogens is 2. The molecule has 3 N–H and O–H groups in total. The van der Waals surface area contributed by atoms with E-state index in [1.54, 1.807) is 6.92 Å². The highest BCUT2D eigenvalue weighted by molar-refractivity contribution is 5.78. The van der Waals surface area contributed by atoms with Crippen LogP contribution < -0.4 is 11.0 Å². The SMILES string of the molecule is CC(=O)CCCNc1ccc2[nH]c(=O)[nH]c2c1. The predicted octanol–water partition coefficient (Wildman–Crippen LogP) is 1.64. The molecule has 5 heteroatoms. The van der Waals surface area contributed by atoms with Gasteiger partial charge < -0.3 is 20.1 Å². The Labute approximate surface area is 98.2 Å². The van der Waals surface area contributed by atoms with Crippen LogP contribution >= 0.6 is 0 Å². The molecule has 90 valence electrons. The number of Topliss-reactive ketones (excluding diaryl/α,β-unsaturated/α-hetero) is 1. The molecule has 1 aromatic heterocycles. The molecule has 5 nitrogen and oxygen atoms in total. The molecule has 0 amide bonds. The normalized spacial score (nSPS) is 10.6. The molecule has 0 saturated heterocycles. The fraction of sp³-hybridized carbons (Fsp3) is 0.333. The first-order valence-electron chi connectivity index (χ1n) is 5.60. The molecule has 0 saturated carbocycles. The van der Waals surface area contributed by atoms with Crippen LogP contribution in [-0.4, -0.2) is 22.3 Å². The van der Waals surface area contributed by atoms with Crippen LogP contribution in [0.25, 0.3) is 11.0 Å². The Hall–Kier alpha value is -2.04. The Morgan fingerprint density at radius 1 is 1.29 bits per heavy atom. The summed E-state index contributed by atoms with van der Waals surface area (Å²) < 4.78 is 0. The number of aromatic amines is 2. The molecular formula is C12H15N3O2. The zero-order valence-electron chi connectivity index (χ0n) is 9.67. The first-order valence-corrected chi connectivity index (χ1v) is 5.60. The Morgan fingerprint density at radius 3 is 2.82 bits per heavy atom. The second kappa shape index (κ2) is 4.86. The number of H-pyrrole nitrogens is 2. The largest absolute Gasteiger partial charge is 0.385 e. The van der Waals surface area contributed by atoms with Crippen LogP contribution in [-0.2, 0) is 4.79 Å². The molecule has 0 bridgehead atoms. The van der Waals surface area contributed by atoms with Crippen molar-refractivity contribution in [2.45, 2.75) is 19.8 Å². The van der Waals surface area contributed by atoms with Crippen molar-refractivity contribution in [3.05, 3.63) is 28.7 Å². The summed E-state index contributed by atoms with van der Waals surface area (Å²) in [7, 11) is 0. The lowest BCUT2D eigenvalue weighted by atomic mass is 10.2. The van der Waals surface area contributed by atoms with Gasteiger partial charge in [0.15, 0.2) is 0 Å². The third-order valence-corrected chi connectivity index (χ3v) is 2.55. The van der Waals surface area contributed by atoms with E-state index in [2.05, 4.69) is 15.3 Å². The highest BCUT2D eigenvalue weighted by atomic mass is 16.1. The predicted molar refractivity (Wildman–Crippen MR) is 67.3 cm³/mol. The molecular weight excluding hydrogens is 218 g/mol. The summed E-state index contributed by atoms with van der Waals surface area (Å²) in [6, 6.07) is 5.63. The molecule has 17 heavy (non-hydrogen) atoms. The van der Waals surface area contributed by atoms with Gasteiger partial charge in [-0.2, -0.15) is 0 Å². The minimum absolute atomic E-state index is 0.200. The molecule has 1 heterocycles. The van der Waals surface area contributed by atoms with Crippen molar-refractivity contribution >= 4 is 22.5 Å². The third kappa shape index (κ3) is 2.96. The van der Waals surface area contributed by atoms with E-state index >= 15 is 0 Å². The zero-order chi connectivity index (χ0) is 12.3. The van der Waals surface area contributed by atoms with E-state index in [-0.39, 0.29) is 11.5 Å². The second-order valence-corrected chi connectivity index (χ2v) is 4.07. The van der Waals surface area contributed by atoms with Gasteiger partial charge in [-0.1, -0.05) is 0 Å². The maximum Gasteiger partial charge on any atom is 0.323 e. The summed E-state index contributed by atoms with van der Waals surface area (Å²) >= 11 is 0. The molecule has 0 unspecified atom stereocenters. The van der Waals surface area contributed by atoms with Crippen LogP contribution in [0.15, 0.2) is 23.0 Å². The van der Waals surface area contributed by atoms with E-state index in [1.165, 1.54) is 0 Å². The van der Waals surface area contributed by atoms with Crippen LogP contribution in [0.5, 0.6) is 0 Å². The summed E-state index contributed by atoms with van der Waals surface area (Å²) in [5.41, 5.74) is 2.32. The van der Waals surface area contributed by atoms with Crippen LogP contribution in [0.4, 0.5) is 5.69 Å². The highest BCUT2D eigenvalue weighted by Gasteiger charge is 1.99. The lowest BCUT2D eigenvalue weighted by Crippen LogP contribution is -2.03. The molecule has 2 aromatic rings. The number of rotatable bonds is 5. The summed E-state index contributed by atoms with van der Waals surface area (Å²) in [6.07, 6.45) is 1.41.